The second-order valence-corrected chi connectivity index (χ2v) is 8.48. The highest BCUT2D eigenvalue weighted by Gasteiger charge is 2.34. The second kappa shape index (κ2) is 6.28. The number of carbonyl (C=O) groups excluding carboxylic acids is 1. The lowest BCUT2D eigenvalue weighted by Crippen LogP contribution is -2.45. The van der Waals surface area contributed by atoms with Crippen molar-refractivity contribution in [2.45, 2.75) is 39.3 Å². The van der Waals surface area contributed by atoms with E-state index in [4.69, 9.17) is 0 Å². The van der Waals surface area contributed by atoms with Crippen molar-refractivity contribution < 1.29 is 13.2 Å². The van der Waals surface area contributed by atoms with Crippen molar-refractivity contribution in [1.82, 2.24) is 4.90 Å². The number of benzene rings is 1. The van der Waals surface area contributed by atoms with Crippen LogP contribution in [0, 0.1) is 13.8 Å². The summed E-state index contributed by atoms with van der Waals surface area (Å²) < 4.78 is 23.1. The van der Waals surface area contributed by atoms with Crippen molar-refractivity contribution in [1.29, 1.82) is 0 Å². The van der Waals surface area contributed by atoms with Crippen molar-refractivity contribution in [3.05, 3.63) is 29.3 Å². The van der Waals surface area contributed by atoms with Crippen LogP contribution in [0.1, 0.15) is 24.5 Å². The Balaban J connectivity index is 2.02. The maximum Gasteiger partial charge on any atom is 0.244 e. The summed E-state index contributed by atoms with van der Waals surface area (Å²) in [6.45, 7) is 5.83. The summed E-state index contributed by atoms with van der Waals surface area (Å²) in [6.07, 6.45) is 0.529. The van der Waals surface area contributed by atoms with E-state index in [1.54, 1.807) is 18.9 Å². The summed E-state index contributed by atoms with van der Waals surface area (Å²) in [4.78, 5) is 14.1. The molecule has 0 saturated carbocycles. The lowest BCUT2D eigenvalue weighted by Gasteiger charge is -2.27. The molecule has 1 saturated heterocycles. The molecule has 1 amide bonds. The Bertz CT molecular complexity index is 650. The van der Waals surface area contributed by atoms with Crippen LogP contribution in [-0.2, 0) is 14.6 Å². The maximum absolute atomic E-state index is 12.5. The van der Waals surface area contributed by atoms with E-state index in [2.05, 4.69) is 11.4 Å². The molecule has 22 heavy (non-hydrogen) atoms. The van der Waals surface area contributed by atoms with E-state index >= 15 is 0 Å². The van der Waals surface area contributed by atoms with Gasteiger partial charge in [-0.1, -0.05) is 6.07 Å². The number of nitrogens with one attached hydrogen (secondary N) is 1. The highest BCUT2D eigenvalue weighted by atomic mass is 32.2. The quantitative estimate of drug-likeness (QED) is 0.916. The van der Waals surface area contributed by atoms with Crippen molar-refractivity contribution in [2.75, 3.05) is 23.9 Å². The molecule has 0 bridgehead atoms. The monoisotopic (exact) mass is 324 g/mol. The van der Waals surface area contributed by atoms with Crippen LogP contribution >= 0.6 is 0 Å². The predicted octanol–water partition coefficient (Wildman–Crippen LogP) is 1.75. The first kappa shape index (κ1) is 16.8. The highest BCUT2D eigenvalue weighted by molar-refractivity contribution is 7.91. The largest absolute Gasteiger partial charge is 0.374 e. The van der Waals surface area contributed by atoms with Gasteiger partial charge < -0.3 is 10.2 Å². The minimum atomic E-state index is -2.98. The number of likely N-dealkylation sites (N-methyl/N-ethyl adjacent to an activating group) is 1. The van der Waals surface area contributed by atoms with E-state index in [0.717, 1.165) is 16.8 Å². The van der Waals surface area contributed by atoms with Crippen LogP contribution in [0.3, 0.4) is 0 Å². The van der Waals surface area contributed by atoms with Gasteiger partial charge in [0.25, 0.3) is 0 Å². The number of sulfone groups is 1. The lowest BCUT2D eigenvalue weighted by atomic mass is 10.1. The normalized spacial score (nSPS) is 21.4. The minimum absolute atomic E-state index is 0.0749. The molecule has 122 valence electrons. The van der Waals surface area contributed by atoms with E-state index < -0.39 is 15.9 Å². The fraction of sp³-hybridized carbons (Fsp3) is 0.562. The van der Waals surface area contributed by atoms with Gasteiger partial charge in [0.2, 0.25) is 5.91 Å². The molecule has 6 heteroatoms. The van der Waals surface area contributed by atoms with E-state index in [1.165, 1.54) is 0 Å². The molecule has 2 atom stereocenters. The average Bonchev–Trinajstić information content (AvgIpc) is 2.76. The van der Waals surface area contributed by atoms with Crippen molar-refractivity contribution in [3.8, 4) is 0 Å². The molecule has 0 aliphatic carbocycles. The molecule has 2 unspecified atom stereocenters. The Morgan fingerprint density at radius 2 is 1.86 bits per heavy atom. The summed E-state index contributed by atoms with van der Waals surface area (Å²) in [5, 5.41) is 3.21. The number of nitrogens with zero attached hydrogens (tertiary/aromatic N) is 1. The van der Waals surface area contributed by atoms with Gasteiger partial charge in [-0.3, -0.25) is 4.79 Å². The molecule has 1 aromatic carbocycles. The molecular formula is C16H24N2O3S. The SMILES string of the molecule is Cc1cc(C)cc(NC(C)C(=O)N(C)C2CCS(=O)(=O)C2)c1. The number of carbonyl (C=O) groups is 1. The molecule has 1 N–H and O–H groups in total. The topological polar surface area (TPSA) is 66.5 Å². The van der Waals surface area contributed by atoms with Gasteiger partial charge >= 0.3 is 0 Å². The van der Waals surface area contributed by atoms with Crippen LogP contribution in [-0.4, -0.2) is 49.9 Å². The zero-order chi connectivity index (χ0) is 16.5. The van der Waals surface area contributed by atoms with Crippen molar-refractivity contribution in [3.63, 3.8) is 0 Å². The van der Waals surface area contributed by atoms with Crippen LogP contribution in [0.4, 0.5) is 5.69 Å². The van der Waals surface area contributed by atoms with Gasteiger partial charge in [0.1, 0.15) is 6.04 Å². The zero-order valence-electron chi connectivity index (χ0n) is 13.6. The van der Waals surface area contributed by atoms with Crippen LogP contribution < -0.4 is 5.32 Å². The fourth-order valence-electron chi connectivity index (χ4n) is 2.94. The summed E-state index contributed by atoms with van der Waals surface area (Å²) in [5.41, 5.74) is 3.18. The maximum atomic E-state index is 12.5. The molecule has 0 spiro atoms. The third-order valence-corrected chi connectivity index (χ3v) is 5.83. The van der Waals surface area contributed by atoms with E-state index in [0.29, 0.717) is 6.42 Å². The summed E-state index contributed by atoms with van der Waals surface area (Å²) in [7, 11) is -1.30. The van der Waals surface area contributed by atoms with Gasteiger partial charge in [-0.25, -0.2) is 8.42 Å². The number of aryl methyl sites for hydroxylation is 2. The molecule has 1 aliphatic rings. The van der Waals surface area contributed by atoms with Crippen LogP contribution in [0.2, 0.25) is 0 Å². The van der Waals surface area contributed by atoms with Crippen molar-refractivity contribution >= 4 is 21.4 Å². The number of hydrogen-bond acceptors (Lipinski definition) is 4. The second-order valence-electron chi connectivity index (χ2n) is 6.25. The Kier molecular flexibility index (Phi) is 4.80. The molecule has 2 rings (SSSR count). The summed E-state index contributed by atoms with van der Waals surface area (Å²) in [5.74, 6) is 0.168. The standard InChI is InChI=1S/C16H24N2O3S/c1-11-7-12(2)9-14(8-11)17-13(3)16(19)18(4)15-5-6-22(20,21)10-15/h7-9,13,15,17H,5-6,10H2,1-4H3. The van der Waals surface area contributed by atoms with Gasteiger partial charge in [0, 0.05) is 18.8 Å². The number of rotatable bonds is 4. The van der Waals surface area contributed by atoms with Gasteiger partial charge in [0.15, 0.2) is 9.84 Å². The molecule has 1 aromatic rings. The first-order valence-electron chi connectivity index (χ1n) is 7.50. The third-order valence-electron chi connectivity index (χ3n) is 4.08. The van der Waals surface area contributed by atoms with Crippen LogP contribution in [0.15, 0.2) is 18.2 Å². The van der Waals surface area contributed by atoms with Gasteiger partial charge in [-0.05, 0) is 50.5 Å². The Morgan fingerprint density at radius 1 is 1.27 bits per heavy atom. The number of anilines is 1. The van der Waals surface area contributed by atoms with E-state index in [1.807, 2.05) is 26.0 Å². The van der Waals surface area contributed by atoms with Crippen LogP contribution in [0.5, 0.6) is 0 Å². The first-order valence-corrected chi connectivity index (χ1v) is 9.32. The fourth-order valence-corrected chi connectivity index (χ4v) is 4.71. The number of hydrogen-bond donors (Lipinski definition) is 1. The van der Waals surface area contributed by atoms with E-state index in [9.17, 15) is 13.2 Å². The summed E-state index contributed by atoms with van der Waals surface area (Å²) in [6, 6.07) is 5.47. The summed E-state index contributed by atoms with van der Waals surface area (Å²) >= 11 is 0. The highest BCUT2D eigenvalue weighted by Crippen LogP contribution is 2.19. The predicted molar refractivity (Wildman–Crippen MR) is 88.8 cm³/mol. The average molecular weight is 324 g/mol. The third kappa shape index (κ3) is 4.00. The molecule has 1 aliphatic heterocycles. The molecular weight excluding hydrogens is 300 g/mol. The first-order chi connectivity index (χ1) is 10.2. The Hall–Kier alpha value is -1.56. The van der Waals surface area contributed by atoms with Crippen molar-refractivity contribution in [2.24, 2.45) is 0 Å². The molecule has 1 heterocycles. The molecule has 1 fully saturated rings. The van der Waals surface area contributed by atoms with Gasteiger partial charge in [-0.2, -0.15) is 0 Å². The zero-order valence-corrected chi connectivity index (χ0v) is 14.4. The lowest BCUT2D eigenvalue weighted by molar-refractivity contribution is -0.132. The smallest absolute Gasteiger partial charge is 0.244 e. The van der Waals surface area contributed by atoms with Crippen LogP contribution in [0.25, 0.3) is 0 Å². The number of amides is 1. The van der Waals surface area contributed by atoms with Gasteiger partial charge in [-0.15, -0.1) is 0 Å². The van der Waals surface area contributed by atoms with Gasteiger partial charge in [0.05, 0.1) is 11.5 Å². The molecule has 5 nitrogen and oxygen atoms in total. The minimum Gasteiger partial charge on any atom is -0.374 e. The molecule has 0 radical (unpaired) electrons. The molecule has 0 aromatic heterocycles. The van der Waals surface area contributed by atoms with E-state index in [-0.39, 0.29) is 23.5 Å². The Labute approximate surface area is 132 Å². The Morgan fingerprint density at radius 3 is 2.36 bits per heavy atom.